The Morgan fingerprint density at radius 1 is 1.29 bits per heavy atom. The quantitative estimate of drug-likeness (QED) is 0.803. The van der Waals surface area contributed by atoms with Gasteiger partial charge in [-0.1, -0.05) is 23.7 Å². The molecule has 3 rings (SSSR count). The highest BCUT2D eigenvalue weighted by Gasteiger charge is 2.34. The molecule has 1 aromatic rings. The summed E-state index contributed by atoms with van der Waals surface area (Å²) < 4.78 is 5.49. The van der Waals surface area contributed by atoms with E-state index in [0.717, 1.165) is 18.4 Å². The Labute approximate surface area is 155 Å². The molecule has 1 amide bonds. The molecule has 2 N–H and O–H groups in total. The van der Waals surface area contributed by atoms with E-state index in [9.17, 15) is 4.79 Å². The molecule has 0 saturated carbocycles. The second-order valence-corrected chi connectivity index (χ2v) is 7.20. The summed E-state index contributed by atoms with van der Waals surface area (Å²) in [5, 5.41) is 7.35. The molecule has 0 aromatic heterocycles. The predicted octanol–water partition coefficient (Wildman–Crippen LogP) is 3.49. The van der Waals surface area contributed by atoms with Crippen molar-refractivity contribution in [2.45, 2.75) is 50.3 Å². The first kappa shape index (κ1) is 19.5. The number of amides is 1. The van der Waals surface area contributed by atoms with Crippen LogP contribution in [0.1, 0.15) is 43.8 Å². The molecular formula is C18H26Cl2N2O2. The van der Waals surface area contributed by atoms with Crippen molar-refractivity contribution in [3.05, 3.63) is 34.9 Å². The third kappa shape index (κ3) is 5.09. The van der Waals surface area contributed by atoms with Gasteiger partial charge < -0.3 is 15.4 Å². The molecule has 1 aromatic carbocycles. The Kier molecular flexibility index (Phi) is 7.35. The molecule has 2 bridgehead atoms. The van der Waals surface area contributed by atoms with Crippen LogP contribution in [0.25, 0.3) is 0 Å². The molecule has 2 saturated heterocycles. The third-order valence-corrected chi connectivity index (χ3v) is 5.31. The molecule has 2 aliphatic rings. The molecule has 134 valence electrons. The van der Waals surface area contributed by atoms with Gasteiger partial charge in [-0.25, -0.2) is 0 Å². The number of rotatable bonds is 6. The van der Waals surface area contributed by atoms with E-state index in [1.54, 1.807) is 7.11 Å². The monoisotopic (exact) mass is 372 g/mol. The third-order valence-electron chi connectivity index (χ3n) is 5.06. The molecule has 3 unspecified atom stereocenters. The molecule has 24 heavy (non-hydrogen) atoms. The largest absolute Gasteiger partial charge is 0.375 e. The smallest absolute Gasteiger partial charge is 0.220 e. The first-order chi connectivity index (χ1) is 11.1. The molecular weight excluding hydrogens is 347 g/mol. The van der Waals surface area contributed by atoms with Gasteiger partial charge in [0.05, 0.1) is 6.10 Å². The maximum atomic E-state index is 12.2. The highest BCUT2D eigenvalue weighted by atomic mass is 35.5. The Balaban J connectivity index is 0.00000208. The van der Waals surface area contributed by atoms with Crippen LogP contribution in [-0.4, -0.2) is 31.6 Å². The Morgan fingerprint density at radius 2 is 1.92 bits per heavy atom. The van der Waals surface area contributed by atoms with Crippen molar-refractivity contribution >= 4 is 29.9 Å². The van der Waals surface area contributed by atoms with Gasteiger partial charge >= 0.3 is 0 Å². The molecule has 2 fully saturated rings. The molecule has 2 aliphatic heterocycles. The van der Waals surface area contributed by atoms with E-state index in [-0.39, 0.29) is 24.4 Å². The second kappa shape index (κ2) is 9.04. The van der Waals surface area contributed by atoms with Gasteiger partial charge in [0.1, 0.15) is 0 Å². The Bertz CT molecular complexity index is 526. The van der Waals surface area contributed by atoms with E-state index >= 15 is 0 Å². The minimum Gasteiger partial charge on any atom is -0.375 e. The number of piperidine rings is 1. The van der Waals surface area contributed by atoms with Crippen LogP contribution < -0.4 is 10.6 Å². The van der Waals surface area contributed by atoms with Gasteiger partial charge in [-0.3, -0.25) is 4.79 Å². The Morgan fingerprint density at radius 3 is 2.50 bits per heavy atom. The van der Waals surface area contributed by atoms with Gasteiger partial charge in [0.25, 0.3) is 0 Å². The lowest BCUT2D eigenvalue weighted by Crippen LogP contribution is -2.40. The summed E-state index contributed by atoms with van der Waals surface area (Å²) in [7, 11) is 1.66. The lowest BCUT2D eigenvalue weighted by molar-refractivity contribution is -0.122. The summed E-state index contributed by atoms with van der Waals surface area (Å²) in [6.45, 7) is 0.495. The van der Waals surface area contributed by atoms with E-state index in [4.69, 9.17) is 16.3 Å². The molecule has 0 spiro atoms. The number of benzene rings is 1. The van der Waals surface area contributed by atoms with Gasteiger partial charge in [-0.15, -0.1) is 12.4 Å². The Hall–Kier alpha value is -0.810. The summed E-state index contributed by atoms with van der Waals surface area (Å²) in [5.41, 5.74) is 1.03. The van der Waals surface area contributed by atoms with Crippen molar-refractivity contribution in [2.75, 3.05) is 13.7 Å². The summed E-state index contributed by atoms with van der Waals surface area (Å²) >= 11 is 5.91. The van der Waals surface area contributed by atoms with Gasteiger partial charge in [0, 0.05) is 37.2 Å². The SMILES string of the molecule is COC(CNC(=O)CC1CC2CCC(C1)N2)c1ccc(Cl)cc1.Cl. The number of fused-ring (bicyclic) bond motifs is 2. The van der Waals surface area contributed by atoms with E-state index in [1.807, 2.05) is 24.3 Å². The van der Waals surface area contributed by atoms with E-state index < -0.39 is 0 Å². The maximum absolute atomic E-state index is 12.2. The van der Waals surface area contributed by atoms with Gasteiger partial charge in [-0.2, -0.15) is 0 Å². The zero-order valence-electron chi connectivity index (χ0n) is 14.0. The van der Waals surface area contributed by atoms with Crippen molar-refractivity contribution in [1.29, 1.82) is 0 Å². The predicted molar refractivity (Wildman–Crippen MR) is 98.7 cm³/mol. The average molecular weight is 373 g/mol. The van der Waals surface area contributed by atoms with Crippen molar-refractivity contribution in [1.82, 2.24) is 10.6 Å². The van der Waals surface area contributed by atoms with Gasteiger partial charge in [-0.05, 0) is 49.3 Å². The standard InChI is InChI=1S/C18H25ClN2O2.ClH/c1-23-17(13-2-4-14(19)5-3-13)11-20-18(22)10-12-8-15-6-7-16(9-12)21-15;/h2-5,12,15-17,21H,6-11H2,1H3,(H,20,22);1H. The fourth-order valence-electron chi connectivity index (χ4n) is 3.90. The van der Waals surface area contributed by atoms with Crippen LogP contribution in [0.2, 0.25) is 5.02 Å². The van der Waals surface area contributed by atoms with Crippen LogP contribution in [-0.2, 0) is 9.53 Å². The van der Waals surface area contributed by atoms with Crippen LogP contribution in [0.15, 0.2) is 24.3 Å². The summed E-state index contributed by atoms with van der Waals surface area (Å²) in [5.74, 6) is 0.651. The van der Waals surface area contributed by atoms with Crippen LogP contribution in [0, 0.1) is 5.92 Å². The van der Waals surface area contributed by atoms with Gasteiger partial charge in [0.15, 0.2) is 0 Å². The normalized spacial score (nSPS) is 26.5. The van der Waals surface area contributed by atoms with E-state index in [0.29, 0.717) is 36.0 Å². The minimum atomic E-state index is -0.139. The highest BCUT2D eigenvalue weighted by Crippen LogP contribution is 2.32. The van der Waals surface area contributed by atoms with Crippen molar-refractivity contribution in [2.24, 2.45) is 5.92 Å². The number of methoxy groups -OCH3 is 1. The number of nitrogens with one attached hydrogen (secondary N) is 2. The van der Waals surface area contributed by atoms with Crippen molar-refractivity contribution in [3.8, 4) is 0 Å². The highest BCUT2D eigenvalue weighted by molar-refractivity contribution is 6.30. The lowest BCUT2D eigenvalue weighted by atomic mass is 9.89. The average Bonchev–Trinajstić information content (AvgIpc) is 2.88. The summed E-state index contributed by atoms with van der Waals surface area (Å²) in [6.07, 6.45) is 5.30. The first-order valence-corrected chi connectivity index (χ1v) is 8.83. The van der Waals surface area contributed by atoms with E-state index in [2.05, 4.69) is 10.6 Å². The number of ether oxygens (including phenoxy) is 1. The topological polar surface area (TPSA) is 50.4 Å². The molecule has 0 radical (unpaired) electrons. The maximum Gasteiger partial charge on any atom is 0.220 e. The number of carbonyl (C=O) groups excluding carboxylic acids is 1. The fraction of sp³-hybridized carbons (Fsp3) is 0.611. The fourth-order valence-corrected chi connectivity index (χ4v) is 4.02. The molecule has 4 nitrogen and oxygen atoms in total. The molecule has 6 heteroatoms. The van der Waals surface area contributed by atoms with Crippen LogP contribution in [0.4, 0.5) is 0 Å². The van der Waals surface area contributed by atoms with Gasteiger partial charge in [0.2, 0.25) is 5.91 Å². The van der Waals surface area contributed by atoms with Crippen LogP contribution in [0.3, 0.4) is 0 Å². The second-order valence-electron chi connectivity index (χ2n) is 6.76. The molecule has 2 heterocycles. The zero-order chi connectivity index (χ0) is 16.2. The van der Waals surface area contributed by atoms with Crippen molar-refractivity contribution in [3.63, 3.8) is 0 Å². The summed E-state index contributed by atoms with van der Waals surface area (Å²) in [6, 6.07) is 8.82. The molecule has 3 atom stereocenters. The number of halogens is 2. The zero-order valence-corrected chi connectivity index (χ0v) is 15.5. The van der Waals surface area contributed by atoms with Crippen LogP contribution in [0.5, 0.6) is 0 Å². The first-order valence-electron chi connectivity index (χ1n) is 8.45. The minimum absolute atomic E-state index is 0. The number of carbonyl (C=O) groups is 1. The molecule has 0 aliphatic carbocycles. The van der Waals surface area contributed by atoms with Crippen molar-refractivity contribution < 1.29 is 9.53 Å². The number of hydrogen-bond acceptors (Lipinski definition) is 3. The summed E-state index contributed by atoms with van der Waals surface area (Å²) in [4.78, 5) is 12.2. The van der Waals surface area contributed by atoms with Crippen LogP contribution >= 0.6 is 24.0 Å². The lowest BCUT2D eigenvalue weighted by Gasteiger charge is -2.28. The van der Waals surface area contributed by atoms with E-state index in [1.165, 1.54) is 12.8 Å². The number of hydrogen-bond donors (Lipinski definition) is 2.